The largest absolute Gasteiger partial charge is 0.386 e. The molecule has 0 amide bonds. The maximum Gasteiger partial charge on any atom is 0.0827 e. The molecule has 1 aliphatic rings. The summed E-state index contributed by atoms with van der Waals surface area (Å²) in [4.78, 5) is 0. The molecule has 0 spiro atoms. The van der Waals surface area contributed by atoms with Gasteiger partial charge < -0.3 is 5.11 Å². The Kier molecular flexibility index (Phi) is 6.00. The van der Waals surface area contributed by atoms with Gasteiger partial charge in [0.1, 0.15) is 0 Å². The van der Waals surface area contributed by atoms with Crippen LogP contribution in [0.2, 0.25) is 0 Å². The van der Waals surface area contributed by atoms with E-state index in [9.17, 15) is 5.11 Å². The van der Waals surface area contributed by atoms with Gasteiger partial charge >= 0.3 is 0 Å². The molecular weight excluding hydrogens is 184 g/mol. The van der Waals surface area contributed by atoms with E-state index in [0.717, 1.165) is 25.7 Å². The number of hydrogen-bond acceptors (Lipinski definition) is 1. The molecule has 0 aromatic rings. The van der Waals surface area contributed by atoms with E-state index in [1.807, 2.05) is 6.08 Å². The molecule has 1 atom stereocenters. The highest BCUT2D eigenvalue weighted by atomic mass is 16.3. The average molecular weight is 210 g/mol. The van der Waals surface area contributed by atoms with Crippen molar-refractivity contribution < 1.29 is 5.11 Å². The van der Waals surface area contributed by atoms with E-state index >= 15 is 0 Å². The molecule has 0 aromatic carbocycles. The second-order valence-electron chi connectivity index (χ2n) is 4.92. The van der Waals surface area contributed by atoms with Crippen molar-refractivity contribution in [3.8, 4) is 0 Å². The molecule has 1 N–H and O–H groups in total. The minimum atomic E-state index is -0.455. The van der Waals surface area contributed by atoms with Gasteiger partial charge in [0, 0.05) is 0 Å². The Morgan fingerprint density at radius 2 is 1.87 bits per heavy atom. The smallest absolute Gasteiger partial charge is 0.0827 e. The van der Waals surface area contributed by atoms with Gasteiger partial charge in [-0.05, 0) is 25.7 Å². The number of rotatable bonds is 7. The Labute approximate surface area is 94.6 Å². The molecule has 1 heteroatoms. The van der Waals surface area contributed by atoms with Crippen LogP contribution in [0.5, 0.6) is 0 Å². The molecule has 0 saturated heterocycles. The normalized spacial score (nSPS) is 25.7. The fourth-order valence-electron chi connectivity index (χ4n) is 2.33. The summed E-state index contributed by atoms with van der Waals surface area (Å²) in [6.45, 7) is 2.25. The highest BCUT2D eigenvalue weighted by Crippen LogP contribution is 2.27. The van der Waals surface area contributed by atoms with Crippen molar-refractivity contribution in [1.29, 1.82) is 0 Å². The van der Waals surface area contributed by atoms with Crippen LogP contribution in [0.4, 0.5) is 0 Å². The van der Waals surface area contributed by atoms with Crippen molar-refractivity contribution in [3.05, 3.63) is 12.2 Å². The van der Waals surface area contributed by atoms with Crippen molar-refractivity contribution >= 4 is 0 Å². The van der Waals surface area contributed by atoms with Crippen molar-refractivity contribution in [2.45, 2.75) is 76.7 Å². The summed E-state index contributed by atoms with van der Waals surface area (Å²) < 4.78 is 0. The highest BCUT2D eigenvalue weighted by Gasteiger charge is 2.23. The summed E-state index contributed by atoms with van der Waals surface area (Å²) in [5, 5.41) is 10.2. The minimum Gasteiger partial charge on any atom is -0.386 e. The van der Waals surface area contributed by atoms with E-state index in [2.05, 4.69) is 13.0 Å². The second-order valence-corrected chi connectivity index (χ2v) is 4.92. The fraction of sp³-hybridized carbons (Fsp3) is 0.857. The van der Waals surface area contributed by atoms with Gasteiger partial charge in [-0.3, -0.25) is 0 Å². The zero-order valence-electron chi connectivity index (χ0n) is 10.2. The lowest BCUT2D eigenvalue weighted by Crippen LogP contribution is -2.27. The molecule has 0 bridgehead atoms. The summed E-state index contributed by atoms with van der Waals surface area (Å²) in [6.07, 6.45) is 16.3. The van der Waals surface area contributed by atoms with Crippen molar-refractivity contribution in [2.75, 3.05) is 0 Å². The minimum absolute atomic E-state index is 0.455. The fourth-order valence-corrected chi connectivity index (χ4v) is 2.33. The lowest BCUT2D eigenvalue weighted by molar-refractivity contribution is 0.0628. The monoisotopic (exact) mass is 210 g/mol. The third-order valence-electron chi connectivity index (χ3n) is 3.37. The molecule has 15 heavy (non-hydrogen) atoms. The quantitative estimate of drug-likeness (QED) is 0.493. The van der Waals surface area contributed by atoms with Gasteiger partial charge in [0.05, 0.1) is 5.60 Å². The predicted octanol–water partition coefficient (Wildman–Crippen LogP) is 4.21. The van der Waals surface area contributed by atoms with Crippen LogP contribution < -0.4 is 0 Å². The summed E-state index contributed by atoms with van der Waals surface area (Å²) in [7, 11) is 0. The zero-order valence-corrected chi connectivity index (χ0v) is 10.2. The Morgan fingerprint density at radius 1 is 1.13 bits per heavy atom. The SMILES string of the molecule is CCCCCCCCC1(O)C=CCCC1. The Bertz CT molecular complexity index is 186. The summed E-state index contributed by atoms with van der Waals surface area (Å²) >= 11 is 0. The zero-order chi connectivity index (χ0) is 11.0. The van der Waals surface area contributed by atoms with E-state index in [1.165, 1.54) is 38.5 Å². The molecule has 0 radical (unpaired) electrons. The molecule has 0 saturated carbocycles. The van der Waals surface area contributed by atoms with Crippen LogP contribution >= 0.6 is 0 Å². The molecule has 1 nitrogen and oxygen atoms in total. The molecule has 0 fully saturated rings. The van der Waals surface area contributed by atoms with E-state index in [0.29, 0.717) is 0 Å². The number of allylic oxidation sites excluding steroid dienone is 1. The van der Waals surface area contributed by atoms with Crippen LogP contribution in [0.3, 0.4) is 0 Å². The number of unbranched alkanes of at least 4 members (excludes halogenated alkanes) is 5. The van der Waals surface area contributed by atoms with Gasteiger partial charge in [-0.15, -0.1) is 0 Å². The molecular formula is C14H26O. The summed E-state index contributed by atoms with van der Waals surface area (Å²) in [5.74, 6) is 0. The summed E-state index contributed by atoms with van der Waals surface area (Å²) in [5.41, 5.74) is -0.455. The van der Waals surface area contributed by atoms with Gasteiger partial charge in [-0.2, -0.15) is 0 Å². The lowest BCUT2D eigenvalue weighted by atomic mass is 9.86. The predicted molar refractivity (Wildman–Crippen MR) is 65.9 cm³/mol. The van der Waals surface area contributed by atoms with E-state index in [-0.39, 0.29) is 0 Å². The molecule has 0 aromatic heterocycles. The topological polar surface area (TPSA) is 20.2 Å². The first kappa shape index (κ1) is 12.8. The Balaban J connectivity index is 2.03. The van der Waals surface area contributed by atoms with Gasteiger partial charge in [-0.1, -0.05) is 57.6 Å². The second kappa shape index (κ2) is 7.05. The van der Waals surface area contributed by atoms with Gasteiger partial charge in [0.15, 0.2) is 0 Å². The van der Waals surface area contributed by atoms with Crippen LogP contribution in [0.1, 0.15) is 71.1 Å². The molecule has 1 aliphatic carbocycles. The Hall–Kier alpha value is -0.300. The van der Waals surface area contributed by atoms with Crippen LogP contribution in [0.25, 0.3) is 0 Å². The molecule has 88 valence electrons. The average Bonchev–Trinajstić information content (AvgIpc) is 2.24. The van der Waals surface area contributed by atoms with Crippen LogP contribution in [0, 0.1) is 0 Å². The van der Waals surface area contributed by atoms with Crippen molar-refractivity contribution in [3.63, 3.8) is 0 Å². The maximum atomic E-state index is 10.2. The number of aliphatic hydroxyl groups is 1. The van der Waals surface area contributed by atoms with Crippen LogP contribution in [-0.2, 0) is 0 Å². The lowest BCUT2D eigenvalue weighted by Gasteiger charge is -2.27. The Morgan fingerprint density at radius 3 is 2.53 bits per heavy atom. The number of hydrogen-bond donors (Lipinski definition) is 1. The van der Waals surface area contributed by atoms with Crippen molar-refractivity contribution in [1.82, 2.24) is 0 Å². The first-order valence-corrected chi connectivity index (χ1v) is 6.67. The van der Waals surface area contributed by atoms with E-state index in [1.54, 1.807) is 0 Å². The summed E-state index contributed by atoms with van der Waals surface area (Å²) in [6, 6.07) is 0. The molecule has 0 heterocycles. The molecule has 1 unspecified atom stereocenters. The van der Waals surface area contributed by atoms with Gasteiger partial charge in [0.25, 0.3) is 0 Å². The third-order valence-corrected chi connectivity index (χ3v) is 3.37. The first-order valence-electron chi connectivity index (χ1n) is 6.67. The van der Waals surface area contributed by atoms with Crippen molar-refractivity contribution in [2.24, 2.45) is 0 Å². The molecule has 0 aliphatic heterocycles. The van der Waals surface area contributed by atoms with Crippen LogP contribution in [0.15, 0.2) is 12.2 Å². The van der Waals surface area contributed by atoms with Crippen LogP contribution in [-0.4, -0.2) is 10.7 Å². The van der Waals surface area contributed by atoms with E-state index < -0.39 is 5.60 Å². The maximum absolute atomic E-state index is 10.2. The highest BCUT2D eigenvalue weighted by molar-refractivity contribution is 5.04. The van der Waals surface area contributed by atoms with Gasteiger partial charge in [-0.25, -0.2) is 0 Å². The molecule has 1 rings (SSSR count). The van der Waals surface area contributed by atoms with E-state index in [4.69, 9.17) is 0 Å². The first-order chi connectivity index (χ1) is 7.27. The van der Waals surface area contributed by atoms with Gasteiger partial charge in [0.2, 0.25) is 0 Å². The standard InChI is InChI=1S/C14H26O/c1-2-3-4-5-6-8-11-14(15)12-9-7-10-13-14/h9,12,15H,2-8,10-11,13H2,1H3. The third kappa shape index (κ3) is 5.36.